The van der Waals surface area contributed by atoms with E-state index in [1.54, 1.807) is 30.5 Å². The number of fused-ring (bicyclic) bond motifs is 2. The zero-order valence-electron chi connectivity index (χ0n) is 16.6. The second-order valence-corrected chi connectivity index (χ2v) is 7.87. The van der Waals surface area contributed by atoms with Gasteiger partial charge in [0.05, 0.1) is 21.9 Å². The van der Waals surface area contributed by atoms with E-state index >= 15 is 0 Å². The molecule has 2 aromatic carbocycles. The van der Waals surface area contributed by atoms with Gasteiger partial charge in [0.2, 0.25) is 5.76 Å². The highest BCUT2D eigenvalue weighted by atomic mass is 35.5. The van der Waals surface area contributed by atoms with E-state index in [0.717, 1.165) is 5.56 Å². The minimum absolute atomic E-state index is 0.0866. The van der Waals surface area contributed by atoms with Crippen molar-refractivity contribution in [2.45, 2.75) is 13.0 Å². The summed E-state index contributed by atoms with van der Waals surface area (Å²) in [5.41, 5.74) is 1.28. The molecule has 0 N–H and O–H groups in total. The number of nitrogens with zero attached hydrogens (tertiary/aromatic N) is 3. The summed E-state index contributed by atoms with van der Waals surface area (Å²) in [6.45, 7) is 1.86. The normalized spacial score (nSPS) is 15.2. The Bertz CT molecular complexity index is 1480. The summed E-state index contributed by atoms with van der Waals surface area (Å²) >= 11 is 6.08. The smallest absolute Gasteiger partial charge is 0.296 e. The van der Waals surface area contributed by atoms with Crippen LogP contribution in [-0.2, 0) is 0 Å². The first-order chi connectivity index (χ1) is 15.3. The summed E-state index contributed by atoms with van der Waals surface area (Å²) in [6.07, 6.45) is 1.57. The maximum Gasteiger partial charge on any atom is 0.296 e. The third-order valence-corrected chi connectivity index (χ3v) is 5.63. The van der Waals surface area contributed by atoms with Crippen molar-refractivity contribution in [3.8, 4) is 0 Å². The number of benzene rings is 2. The van der Waals surface area contributed by atoms with Crippen LogP contribution in [0.5, 0.6) is 0 Å². The Hall–Kier alpha value is -4.04. The SMILES string of the molecule is Cc1ccnc(N2C(=O)c3oc4ccc(Cl)cc4c(=O)c3[C@@H]2c2ccc([N+](=O)[O-])cc2)c1. The summed E-state index contributed by atoms with van der Waals surface area (Å²) in [7, 11) is 0. The number of hydrogen-bond donors (Lipinski definition) is 0. The monoisotopic (exact) mass is 447 g/mol. The second kappa shape index (κ2) is 7.28. The molecule has 0 saturated carbocycles. The number of carbonyl (C=O) groups excluding carboxylic acids is 1. The average Bonchev–Trinajstić information content (AvgIpc) is 3.07. The first-order valence-electron chi connectivity index (χ1n) is 9.62. The van der Waals surface area contributed by atoms with Crippen molar-refractivity contribution < 1.29 is 14.1 Å². The summed E-state index contributed by atoms with van der Waals surface area (Å²) in [5.74, 6) is -0.266. The molecule has 0 aliphatic carbocycles. The Morgan fingerprint density at radius 2 is 1.84 bits per heavy atom. The molecule has 1 aliphatic heterocycles. The average molecular weight is 448 g/mol. The van der Waals surface area contributed by atoms with Crippen LogP contribution in [0.15, 0.2) is 70.0 Å². The quantitative estimate of drug-likeness (QED) is 0.329. The molecule has 9 heteroatoms. The van der Waals surface area contributed by atoms with Gasteiger partial charge >= 0.3 is 0 Å². The van der Waals surface area contributed by atoms with Gasteiger partial charge in [0.25, 0.3) is 11.6 Å². The highest BCUT2D eigenvalue weighted by Crippen LogP contribution is 2.41. The van der Waals surface area contributed by atoms with Gasteiger partial charge in [-0.15, -0.1) is 0 Å². The highest BCUT2D eigenvalue weighted by molar-refractivity contribution is 6.31. The van der Waals surface area contributed by atoms with E-state index < -0.39 is 22.3 Å². The third kappa shape index (κ3) is 3.04. The summed E-state index contributed by atoms with van der Waals surface area (Å²) in [4.78, 5) is 43.2. The topological polar surface area (TPSA) is 107 Å². The van der Waals surface area contributed by atoms with Gasteiger partial charge in [-0.05, 0) is 60.5 Å². The maximum atomic E-state index is 13.5. The molecule has 0 spiro atoms. The van der Waals surface area contributed by atoms with Crippen LogP contribution in [0.1, 0.15) is 33.3 Å². The number of rotatable bonds is 3. The van der Waals surface area contributed by atoms with Gasteiger partial charge in [-0.25, -0.2) is 4.98 Å². The molecule has 0 radical (unpaired) electrons. The maximum absolute atomic E-state index is 13.5. The Balaban J connectivity index is 1.80. The molecule has 1 aliphatic rings. The largest absolute Gasteiger partial charge is 0.450 e. The molecule has 0 unspecified atom stereocenters. The van der Waals surface area contributed by atoms with Crippen LogP contribution >= 0.6 is 11.6 Å². The van der Waals surface area contributed by atoms with Crippen LogP contribution in [0.25, 0.3) is 11.0 Å². The van der Waals surface area contributed by atoms with Crippen LogP contribution in [0.2, 0.25) is 5.02 Å². The van der Waals surface area contributed by atoms with Crippen molar-refractivity contribution in [2.75, 3.05) is 4.90 Å². The molecule has 0 fully saturated rings. The van der Waals surface area contributed by atoms with Crippen molar-refractivity contribution in [1.82, 2.24) is 4.98 Å². The molecular weight excluding hydrogens is 434 g/mol. The van der Waals surface area contributed by atoms with E-state index in [9.17, 15) is 19.7 Å². The van der Waals surface area contributed by atoms with Crippen molar-refractivity contribution in [3.63, 3.8) is 0 Å². The lowest BCUT2D eigenvalue weighted by atomic mass is 9.98. The fourth-order valence-electron chi connectivity index (χ4n) is 3.93. The minimum Gasteiger partial charge on any atom is -0.450 e. The zero-order chi connectivity index (χ0) is 22.6. The Morgan fingerprint density at radius 1 is 1.09 bits per heavy atom. The van der Waals surface area contributed by atoms with E-state index in [0.29, 0.717) is 16.4 Å². The molecule has 5 rings (SSSR count). The number of anilines is 1. The van der Waals surface area contributed by atoms with Gasteiger partial charge < -0.3 is 4.42 Å². The van der Waals surface area contributed by atoms with Gasteiger partial charge in [0, 0.05) is 23.4 Å². The zero-order valence-corrected chi connectivity index (χ0v) is 17.4. The van der Waals surface area contributed by atoms with Crippen molar-refractivity contribution >= 4 is 40.0 Å². The molecule has 1 amide bonds. The van der Waals surface area contributed by atoms with Crippen LogP contribution in [0.3, 0.4) is 0 Å². The van der Waals surface area contributed by atoms with E-state index in [-0.39, 0.29) is 28.0 Å². The van der Waals surface area contributed by atoms with Crippen molar-refractivity contribution in [1.29, 1.82) is 0 Å². The highest BCUT2D eigenvalue weighted by Gasteiger charge is 2.44. The van der Waals surface area contributed by atoms with E-state index in [2.05, 4.69) is 4.98 Å². The summed E-state index contributed by atoms with van der Waals surface area (Å²) < 4.78 is 5.86. The number of pyridine rings is 1. The Kier molecular flexibility index (Phi) is 4.53. The number of aryl methyl sites for hydroxylation is 1. The minimum atomic E-state index is -0.868. The van der Waals surface area contributed by atoms with E-state index in [1.807, 2.05) is 6.92 Å². The number of non-ortho nitro benzene ring substituents is 1. The van der Waals surface area contributed by atoms with Crippen LogP contribution < -0.4 is 10.3 Å². The lowest BCUT2D eigenvalue weighted by molar-refractivity contribution is -0.384. The van der Waals surface area contributed by atoms with Gasteiger partial charge in [-0.2, -0.15) is 0 Å². The molecule has 32 heavy (non-hydrogen) atoms. The molecule has 3 heterocycles. The van der Waals surface area contributed by atoms with E-state index in [4.69, 9.17) is 16.0 Å². The number of nitro groups is 1. The number of nitro benzene ring substituents is 1. The standard InChI is InChI=1S/C23H14ClN3O5/c1-12-8-9-25-18(10-12)26-20(13-2-5-15(6-3-13)27(30)31)19-21(28)16-11-14(24)4-7-17(16)32-22(19)23(26)29/h2-11,20H,1H3/t20-/m0/s1. The molecule has 0 saturated heterocycles. The lowest BCUT2D eigenvalue weighted by Gasteiger charge is -2.24. The fraction of sp³-hybridized carbons (Fsp3) is 0.0870. The van der Waals surface area contributed by atoms with Crippen molar-refractivity contribution in [3.05, 3.63) is 109 Å². The molecule has 158 valence electrons. The Labute approximate surface area is 185 Å². The van der Waals surface area contributed by atoms with Gasteiger partial charge in [0.1, 0.15) is 11.4 Å². The third-order valence-electron chi connectivity index (χ3n) is 5.40. The predicted molar refractivity (Wildman–Crippen MR) is 118 cm³/mol. The number of hydrogen-bond acceptors (Lipinski definition) is 6. The number of carbonyl (C=O) groups is 1. The van der Waals surface area contributed by atoms with Crippen LogP contribution in [0, 0.1) is 17.0 Å². The number of aromatic nitrogens is 1. The lowest BCUT2D eigenvalue weighted by Crippen LogP contribution is -2.30. The van der Waals surface area contributed by atoms with E-state index in [1.165, 1.54) is 35.2 Å². The predicted octanol–water partition coefficient (Wildman–Crippen LogP) is 4.81. The molecule has 4 aromatic rings. The van der Waals surface area contributed by atoms with Crippen LogP contribution in [-0.4, -0.2) is 15.8 Å². The van der Waals surface area contributed by atoms with Gasteiger partial charge in [-0.1, -0.05) is 11.6 Å². The Morgan fingerprint density at radius 3 is 2.53 bits per heavy atom. The summed E-state index contributed by atoms with van der Waals surface area (Å²) in [5, 5.41) is 11.7. The molecule has 8 nitrogen and oxygen atoms in total. The molecule has 1 atom stereocenters. The fourth-order valence-corrected chi connectivity index (χ4v) is 4.10. The number of halogens is 1. The molecular formula is C23H14ClN3O5. The first-order valence-corrected chi connectivity index (χ1v) is 10.00. The second-order valence-electron chi connectivity index (χ2n) is 7.43. The van der Waals surface area contributed by atoms with Crippen molar-refractivity contribution in [2.24, 2.45) is 0 Å². The number of amides is 1. The molecule has 0 bridgehead atoms. The summed E-state index contributed by atoms with van der Waals surface area (Å²) in [6, 6.07) is 13.0. The van der Waals surface area contributed by atoms with Gasteiger partial charge in [-0.3, -0.25) is 24.6 Å². The van der Waals surface area contributed by atoms with Crippen LogP contribution in [0.4, 0.5) is 11.5 Å². The first kappa shape index (κ1) is 19.9. The molecule has 2 aromatic heterocycles. The van der Waals surface area contributed by atoms with Gasteiger partial charge in [0.15, 0.2) is 5.43 Å².